The number of aliphatic imine (C=N–C) groups is 1. The van der Waals surface area contributed by atoms with Crippen molar-refractivity contribution in [2.24, 2.45) is 4.99 Å². The van der Waals surface area contributed by atoms with E-state index in [0.717, 1.165) is 24.0 Å². The molecule has 0 amide bonds. The number of guanidine groups is 1. The van der Waals surface area contributed by atoms with Gasteiger partial charge in [0.1, 0.15) is 5.76 Å². The zero-order valence-electron chi connectivity index (χ0n) is 12.2. The van der Waals surface area contributed by atoms with Crippen LogP contribution >= 0.6 is 0 Å². The third kappa shape index (κ3) is 3.75. The van der Waals surface area contributed by atoms with Crippen LogP contribution in [0, 0.1) is 13.8 Å². The third-order valence-electron chi connectivity index (χ3n) is 2.81. The number of nitrogens with zero attached hydrogens (tertiary/aromatic N) is 2. The van der Waals surface area contributed by atoms with Gasteiger partial charge in [0.2, 0.25) is 0 Å². The number of hydrogen-bond donors (Lipinski definition) is 2. The van der Waals surface area contributed by atoms with Gasteiger partial charge in [-0.15, -0.1) is 0 Å². The van der Waals surface area contributed by atoms with Gasteiger partial charge in [0, 0.05) is 31.1 Å². The summed E-state index contributed by atoms with van der Waals surface area (Å²) < 4.78 is 5.19. The first-order valence-corrected chi connectivity index (χ1v) is 6.35. The predicted octanol–water partition coefficient (Wildman–Crippen LogP) is 1.97. The fourth-order valence-corrected chi connectivity index (χ4v) is 2.01. The van der Waals surface area contributed by atoms with E-state index in [1.807, 2.05) is 13.8 Å². The molecule has 0 fully saturated rings. The lowest BCUT2D eigenvalue weighted by molar-refractivity contribution is 0.391. The Balaban J connectivity index is 2.58. The van der Waals surface area contributed by atoms with Crippen LogP contribution < -0.4 is 10.6 Å². The molecule has 0 spiro atoms. The number of hydrogen-bond acceptors (Lipinski definition) is 3. The van der Waals surface area contributed by atoms with Gasteiger partial charge in [-0.1, -0.05) is 12.1 Å². The van der Waals surface area contributed by atoms with E-state index in [9.17, 15) is 0 Å². The van der Waals surface area contributed by atoms with Crippen molar-refractivity contribution in [1.82, 2.24) is 15.8 Å². The van der Waals surface area contributed by atoms with Gasteiger partial charge in [0.05, 0.1) is 5.69 Å². The van der Waals surface area contributed by atoms with Gasteiger partial charge >= 0.3 is 0 Å². The number of aromatic nitrogens is 1. The number of nitrogens with one attached hydrogen (secondary N) is 2. The van der Waals surface area contributed by atoms with Crippen LogP contribution in [0.25, 0.3) is 0 Å². The van der Waals surface area contributed by atoms with Crippen LogP contribution in [0.15, 0.2) is 9.52 Å². The molecule has 18 heavy (non-hydrogen) atoms. The summed E-state index contributed by atoms with van der Waals surface area (Å²) in [6.45, 7) is 11.1. The zero-order valence-corrected chi connectivity index (χ0v) is 12.2. The Morgan fingerprint density at radius 2 is 2.00 bits per heavy atom. The van der Waals surface area contributed by atoms with E-state index in [-0.39, 0.29) is 0 Å². The molecule has 0 radical (unpaired) electrons. The van der Waals surface area contributed by atoms with E-state index in [4.69, 9.17) is 4.52 Å². The second kappa shape index (κ2) is 6.42. The number of rotatable bonds is 4. The average Bonchev–Trinajstić information content (AvgIpc) is 2.63. The molecule has 1 unspecified atom stereocenters. The molecule has 0 aliphatic carbocycles. The lowest BCUT2D eigenvalue weighted by Gasteiger charge is -2.17. The smallest absolute Gasteiger partial charge is 0.191 e. The molecule has 0 aliphatic rings. The highest BCUT2D eigenvalue weighted by molar-refractivity contribution is 5.79. The monoisotopic (exact) mass is 252 g/mol. The molecule has 0 aliphatic heterocycles. The van der Waals surface area contributed by atoms with Crippen molar-refractivity contribution < 1.29 is 4.52 Å². The Bertz CT molecular complexity index is 390. The Morgan fingerprint density at radius 1 is 1.33 bits per heavy atom. The fourth-order valence-electron chi connectivity index (χ4n) is 2.01. The maximum absolute atomic E-state index is 5.19. The molecule has 1 rings (SSSR count). The largest absolute Gasteiger partial charge is 0.361 e. The zero-order chi connectivity index (χ0) is 13.7. The molecule has 2 N–H and O–H groups in total. The molecule has 0 bridgehead atoms. The Kier molecular flexibility index (Phi) is 5.19. The summed E-state index contributed by atoms with van der Waals surface area (Å²) >= 11 is 0. The summed E-state index contributed by atoms with van der Waals surface area (Å²) in [5.41, 5.74) is 2.15. The Morgan fingerprint density at radius 3 is 2.44 bits per heavy atom. The lowest BCUT2D eigenvalue weighted by atomic mass is 10.00. The van der Waals surface area contributed by atoms with Crippen LogP contribution in [0.2, 0.25) is 0 Å². The number of aryl methyl sites for hydroxylation is 2. The molecule has 1 heterocycles. The summed E-state index contributed by atoms with van der Waals surface area (Å²) in [7, 11) is 1.78. The van der Waals surface area contributed by atoms with Crippen molar-refractivity contribution in [3.63, 3.8) is 0 Å². The van der Waals surface area contributed by atoms with Gasteiger partial charge < -0.3 is 15.2 Å². The molecule has 5 heteroatoms. The standard InChI is InChI=1S/C13H24N4O/c1-8(2)16-13(14-6)15-7-9(3)12-10(4)17-18-11(12)5/h8-9H,7H2,1-6H3,(H2,14,15,16). The molecule has 0 saturated heterocycles. The van der Waals surface area contributed by atoms with Crippen LogP contribution in [0.5, 0.6) is 0 Å². The van der Waals surface area contributed by atoms with E-state index < -0.39 is 0 Å². The van der Waals surface area contributed by atoms with E-state index in [0.29, 0.717) is 12.0 Å². The SMILES string of the molecule is CN=C(NCC(C)c1c(C)noc1C)NC(C)C. The van der Waals surface area contributed by atoms with Crippen molar-refractivity contribution in [3.05, 3.63) is 17.0 Å². The normalized spacial score (nSPS) is 13.8. The Labute approximate surface area is 109 Å². The summed E-state index contributed by atoms with van der Waals surface area (Å²) in [5.74, 6) is 2.05. The molecule has 5 nitrogen and oxygen atoms in total. The molecule has 102 valence electrons. The minimum absolute atomic E-state index is 0.335. The first-order valence-electron chi connectivity index (χ1n) is 6.35. The molecular weight excluding hydrogens is 228 g/mol. The molecule has 1 aromatic heterocycles. The van der Waals surface area contributed by atoms with Crippen molar-refractivity contribution >= 4 is 5.96 Å². The average molecular weight is 252 g/mol. The quantitative estimate of drug-likeness (QED) is 0.635. The van der Waals surface area contributed by atoms with Gasteiger partial charge in [-0.2, -0.15) is 0 Å². The van der Waals surface area contributed by atoms with Crippen LogP contribution in [0.4, 0.5) is 0 Å². The highest BCUT2D eigenvalue weighted by Gasteiger charge is 2.16. The van der Waals surface area contributed by atoms with E-state index in [2.05, 4.69) is 41.6 Å². The topological polar surface area (TPSA) is 62.5 Å². The molecular formula is C13H24N4O. The van der Waals surface area contributed by atoms with Crippen molar-refractivity contribution in [2.75, 3.05) is 13.6 Å². The van der Waals surface area contributed by atoms with Gasteiger partial charge in [0.15, 0.2) is 5.96 Å². The van der Waals surface area contributed by atoms with Crippen LogP contribution in [-0.4, -0.2) is 30.8 Å². The first-order chi connectivity index (χ1) is 8.45. The minimum atomic E-state index is 0.335. The molecule has 1 atom stereocenters. The maximum atomic E-state index is 5.19. The Hall–Kier alpha value is -1.52. The summed E-state index contributed by atoms with van der Waals surface area (Å²) in [5, 5.41) is 10.6. The summed E-state index contributed by atoms with van der Waals surface area (Å²) in [4.78, 5) is 4.18. The molecule has 0 aromatic carbocycles. The van der Waals surface area contributed by atoms with Gasteiger partial charge in [0.25, 0.3) is 0 Å². The van der Waals surface area contributed by atoms with Crippen molar-refractivity contribution in [3.8, 4) is 0 Å². The van der Waals surface area contributed by atoms with E-state index in [1.165, 1.54) is 5.56 Å². The first kappa shape index (κ1) is 14.5. The lowest BCUT2D eigenvalue weighted by Crippen LogP contribution is -2.42. The maximum Gasteiger partial charge on any atom is 0.191 e. The third-order valence-corrected chi connectivity index (χ3v) is 2.81. The summed E-state index contributed by atoms with van der Waals surface area (Å²) in [6, 6.07) is 0.366. The van der Waals surface area contributed by atoms with Crippen LogP contribution in [-0.2, 0) is 0 Å². The second-order valence-corrected chi connectivity index (χ2v) is 4.89. The van der Waals surface area contributed by atoms with Gasteiger partial charge in [-0.3, -0.25) is 4.99 Å². The second-order valence-electron chi connectivity index (χ2n) is 4.89. The predicted molar refractivity (Wildman–Crippen MR) is 74.0 cm³/mol. The van der Waals surface area contributed by atoms with E-state index >= 15 is 0 Å². The van der Waals surface area contributed by atoms with Crippen LogP contribution in [0.3, 0.4) is 0 Å². The highest BCUT2D eigenvalue weighted by atomic mass is 16.5. The minimum Gasteiger partial charge on any atom is -0.361 e. The highest BCUT2D eigenvalue weighted by Crippen LogP contribution is 2.22. The van der Waals surface area contributed by atoms with Crippen molar-refractivity contribution in [1.29, 1.82) is 0 Å². The van der Waals surface area contributed by atoms with Gasteiger partial charge in [-0.05, 0) is 27.7 Å². The van der Waals surface area contributed by atoms with Crippen LogP contribution in [0.1, 0.15) is 43.7 Å². The van der Waals surface area contributed by atoms with Crippen molar-refractivity contribution in [2.45, 2.75) is 46.6 Å². The summed E-state index contributed by atoms with van der Waals surface area (Å²) in [6.07, 6.45) is 0. The molecule has 1 aromatic rings. The van der Waals surface area contributed by atoms with E-state index in [1.54, 1.807) is 7.05 Å². The van der Waals surface area contributed by atoms with Gasteiger partial charge in [-0.25, -0.2) is 0 Å². The molecule has 0 saturated carbocycles. The fraction of sp³-hybridized carbons (Fsp3) is 0.692.